The molecule has 4 rings (SSSR count). The number of Topliss-reactive ketones (excluding diaryl/α,β-unsaturated/α-hetero) is 1. The van der Waals surface area contributed by atoms with E-state index >= 15 is 0 Å². The van der Waals surface area contributed by atoms with Gasteiger partial charge in [-0.2, -0.15) is 0 Å². The Labute approximate surface area is 220 Å². The third-order valence-corrected chi connectivity index (χ3v) is 12.4. The number of sulfonamides is 1. The number of carbonyl (C=O) groups is 1. The largest absolute Gasteiger partial charge is 0.395 e. The molecule has 7 heteroatoms. The van der Waals surface area contributed by atoms with Gasteiger partial charge in [0.25, 0.3) is 0 Å². The van der Waals surface area contributed by atoms with Gasteiger partial charge in [0.15, 0.2) is 0 Å². The fourth-order valence-corrected chi connectivity index (χ4v) is 10.7. The first-order chi connectivity index (χ1) is 16.9. The Morgan fingerprint density at radius 1 is 1.06 bits per heavy atom. The molecule has 208 valence electrons. The van der Waals surface area contributed by atoms with Crippen molar-refractivity contribution in [2.24, 2.45) is 46.3 Å². The van der Waals surface area contributed by atoms with Gasteiger partial charge in [-0.05, 0) is 104 Å². The fourth-order valence-electron chi connectivity index (χ4n) is 9.86. The van der Waals surface area contributed by atoms with E-state index in [1.165, 1.54) is 38.4 Å². The number of nitrogens with one attached hydrogen (secondary N) is 2. The monoisotopic (exact) mass is 524 g/mol. The lowest BCUT2D eigenvalue weighted by Crippen LogP contribution is -2.62. The van der Waals surface area contributed by atoms with Gasteiger partial charge in [0.1, 0.15) is 5.78 Å². The summed E-state index contributed by atoms with van der Waals surface area (Å²) < 4.78 is 28.3. The molecule has 0 heterocycles. The molecule has 4 unspecified atom stereocenters. The Morgan fingerprint density at radius 2 is 1.75 bits per heavy atom. The normalized spacial score (nSPS) is 43.3. The van der Waals surface area contributed by atoms with Gasteiger partial charge in [0.05, 0.1) is 12.9 Å². The number of hydrogen-bond donors (Lipinski definition) is 3. The van der Waals surface area contributed by atoms with Gasteiger partial charge < -0.3 is 10.4 Å². The highest BCUT2D eigenvalue weighted by molar-refractivity contribution is 7.88. The minimum Gasteiger partial charge on any atom is -0.395 e. The third-order valence-electron chi connectivity index (χ3n) is 11.7. The molecule has 3 N–H and O–H groups in total. The predicted molar refractivity (Wildman–Crippen MR) is 145 cm³/mol. The van der Waals surface area contributed by atoms with E-state index in [-0.39, 0.29) is 23.5 Å². The highest BCUT2D eigenvalue weighted by Crippen LogP contribution is 2.68. The quantitative estimate of drug-likeness (QED) is 0.391. The standard InChI is InChI=1S/C29H52N2O4S/c1-6-22(33)8-7-19(2)23-9-10-24-27-25(12-14-29(23,24)4)28(3)13-11-21(30-15-16-32)17-20(28)18-26(27)31-36(5,34)35/h19-21,23-27,30-32H,6-18H2,1-5H3/t19-,20+,21?,23-,24?,25?,26-,27?,28+,29-/m1/s1. The average Bonchev–Trinajstić information content (AvgIpc) is 3.17. The van der Waals surface area contributed by atoms with Crippen molar-refractivity contribution < 1.29 is 18.3 Å². The zero-order valence-corrected chi connectivity index (χ0v) is 24.2. The molecule has 0 aromatic rings. The summed E-state index contributed by atoms with van der Waals surface area (Å²) in [6.45, 7) is 10.1. The van der Waals surface area contributed by atoms with E-state index < -0.39 is 10.0 Å². The van der Waals surface area contributed by atoms with Crippen LogP contribution >= 0.6 is 0 Å². The molecule has 4 fully saturated rings. The third kappa shape index (κ3) is 5.46. The van der Waals surface area contributed by atoms with Crippen molar-refractivity contribution in [2.75, 3.05) is 19.4 Å². The Bertz CT molecular complexity index is 894. The summed E-state index contributed by atoms with van der Waals surface area (Å²) in [5.74, 6) is 3.54. The van der Waals surface area contributed by atoms with E-state index in [1.807, 2.05) is 6.92 Å². The summed E-state index contributed by atoms with van der Waals surface area (Å²) in [5, 5.41) is 12.8. The van der Waals surface area contributed by atoms with E-state index in [4.69, 9.17) is 0 Å². The van der Waals surface area contributed by atoms with E-state index in [1.54, 1.807) is 0 Å². The smallest absolute Gasteiger partial charge is 0.208 e. The van der Waals surface area contributed by atoms with Crippen molar-refractivity contribution in [3.8, 4) is 0 Å². The molecule has 0 saturated heterocycles. The van der Waals surface area contributed by atoms with Crippen LogP contribution in [0.5, 0.6) is 0 Å². The Morgan fingerprint density at radius 3 is 2.42 bits per heavy atom. The van der Waals surface area contributed by atoms with Crippen LogP contribution in [0, 0.1) is 46.3 Å². The molecule has 0 aliphatic heterocycles. The van der Waals surface area contributed by atoms with Gasteiger partial charge in [0.2, 0.25) is 10.0 Å². The minimum atomic E-state index is -3.30. The number of rotatable bonds is 10. The van der Waals surface area contributed by atoms with Crippen molar-refractivity contribution in [1.82, 2.24) is 10.0 Å². The van der Waals surface area contributed by atoms with Crippen LogP contribution < -0.4 is 10.0 Å². The molecule has 36 heavy (non-hydrogen) atoms. The lowest BCUT2D eigenvalue weighted by Gasteiger charge is -2.63. The molecule has 0 bridgehead atoms. The fraction of sp³-hybridized carbons (Fsp3) is 0.966. The first-order valence-electron chi connectivity index (χ1n) is 14.8. The zero-order valence-electron chi connectivity index (χ0n) is 23.4. The molecule has 0 amide bonds. The number of hydrogen-bond acceptors (Lipinski definition) is 5. The lowest BCUT2D eigenvalue weighted by molar-refractivity contribution is -0.129. The molecule has 0 aromatic carbocycles. The SMILES string of the molecule is CCC(=O)CC[C@@H](C)[C@H]1CCC2C3C(CC[C@@]21C)[C@@]1(C)CCC(NCCO)C[C@H]1C[C@H]3NS(C)(=O)=O. The van der Waals surface area contributed by atoms with Crippen LogP contribution in [-0.4, -0.2) is 50.8 Å². The van der Waals surface area contributed by atoms with Crippen molar-refractivity contribution in [3.63, 3.8) is 0 Å². The van der Waals surface area contributed by atoms with Crippen LogP contribution in [0.2, 0.25) is 0 Å². The first-order valence-corrected chi connectivity index (χ1v) is 16.6. The summed E-state index contributed by atoms with van der Waals surface area (Å²) in [6.07, 6.45) is 12.8. The second kappa shape index (κ2) is 10.9. The summed E-state index contributed by atoms with van der Waals surface area (Å²) in [7, 11) is -3.30. The van der Waals surface area contributed by atoms with Gasteiger partial charge in [-0.3, -0.25) is 4.79 Å². The van der Waals surface area contributed by atoms with E-state index in [9.17, 15) is 18.3 Å². The summed E-state index contributed by atoms with van der Waals surface area (Å²) in [6, 6.07) is 0.432. The molecule has 0 aromatic heterocycles. The van der Waals surface area contributed by atoms with Gasteiger partial charge in [-0.1, -0.05) is 27.7 Å². The van der Waals surface area contributed by atoms with E-state index in [0.717, 1.165) is 25.7 Å². The maximum absolute atomic E-state index is 12.6. The van der Waals surface area contributed by atoms with Crippen molar-refractivity contribution in [3.05, 3.63) is 0 Å². The summed E-state index contributed by atoms with van der Waals surface area (Å²) >= 11 is 0. The van der Waals surface area contributed by atoms with Gasteiger partial charge in [0, 0.05) is 31.5 Å². The Hall–Kier alpha value is -0.500. The Balaban J connectivity index is 1.59. The van der Waals surface area contributed by atoms with Gasteiger partial charge in [-0.25, -0.2) is 13.1 Å². The second-order valence-electron chi connectivity index (χ2n) is 13.5. The van der Waals surface area contributed by atoms with Gasteiger partial charge >= 0.3 is 0 Å². The minimum absolute atomic E-state index is 0.0139. The number of aliphatic hydroxyl groups is 1. The van der Waals surface area contributed by atoms with Crippen LogP contribution in [0.25, 0.3) is 0 Å². The molecule has 0 radical (unpaired) electrons. The number of carbonyl (C=O) groups excluding carboxylic acids is 1. The second-order valence-corrected chi connectivity index (χ2v) is 15.3. The maximum Gasteiger partial charge on any atom is 0.208 e. The van der Waals surface area contributed by atoms with Crippen molar-refractivity contribution >= 4 is 15.8 Å². The predicted octanol–water partition coefficient (Wildman–Crippen LogP) is 4.52. The topological polar surface area (TPSA) is 95.5 Å². The van der Waals surface area contributed by atoms with Crippen LogP contribution in [0.3, 0.4) is 0 Å². The van der Waals surface area contributed by atoms with Crippen LogP contribution in [0.1, 0.15) is 98.3 Å². The van der Waals surface area contributed by atoms with Gasteiger partial charge in [-0.15, -0.1) is 0 Å². The molecule has 4 saturated carbocycles. The van der Waals surface area contributed by atoms with E-state index in [2.05, 4.69) is 30.8 Å². The molecular formula is C29H52N2O4S. The number of ketones is 1. The molecular weight excluding hydrogens is 472 g/mol. The number of aliphatic hydroxyl groups excluding tert-OH is 1. The Kier molecular flexibility index (Phi) is 8.66. The highest BCUT2D eigenvalue weighted by atomic mass is 32.2. The van der Waals surface area contributed by atoms with Crippen molar-refractivity contribution in [2.45, 2.75) is 110 Å². The highest BCUT2D eigenvalue weighted by Gasteiger charge is 2.63. The molecule has 10 atom stereocenters. The maximum atomic E-state index is 12.6. The average molecular weight is 525 g/mol. The van der Waals surface area contributed by atoms with E-state index in [0.29, 0.717) is 66.7 Å². The lowest BCUT2D eigenvalue weighted by atomic mass is 9.43. The molecule has 6 nitrogen and oxygen atoms in total. The summed E-state index contributed by atoms with van der Waals surface area (Å²) in [4.78, 5) is 12.0. The summed E-state index contributed by atoms with van der Waals surface area (Å²) in [5.41, 5.74) is 0.493. The van der Waals surface area contributed by atoms with Crippen LogP contribution in [0.4, 0.5) is 0 Å². The zero-order chi connectivity index (χ0) is 26.3. The van der Waals surface area contributed by atoms with Crippen LogP contribution in [-0.2, 0) is 14.8 Å². The molecule has 0 spiro atoms. The molecule has 4 aliphatic rings. The van der Waals surface area contributed by atoms with Crippen molar-refractivity contribution in [1.29, 1.82) is 0 Å². The van der Waals surface area contributed by atoms with Crippen LogP contribution in [0.15, 0.2) is 0 Å². The molecule has 4 aliphatic carbocycles. The first kappa shape index (κ1) is 28.5. The number of fused-ring (bicyclic) bond motifs is 5.